The zero-order valence-electron chi connectivity index (χ0n) is 21.7. The largest absolute Gasteiger partial charge is 0.507 e. The third-order valence-electron chi connectivity index (χ3n) is 6.33. The Morgan fingerprint density at radius 2 is 1.77 bits per heavy atom. The summed E-state index contributed by atoms with van der Waals surface area (Å²) in [5.74, 6) is 1.85. The van der Waals surface area contributed by atoms with E-state index in [4.69, 9.17) is 4.74 Å². The van der Waals surface area contributed by atoms with E-state index in [-0.39, 0.29) is 11.5 Å². The van der Waals surface area contributed by atoms with Crippen LogP contribution in [0.1, 0.15) is 58.7 Å². The normalized spacial score (nSPS) is 11.0. The second-order valence-corrected chi connectivity index (χ2v) is 9.20. The van der Waals surface area contributed by atoms with Gasteiger partial charge in [0.15, 0.2) is 17.4 Å². The maximum absolute atomic E-state index is 11.8. The first-order valence-corrected chi connectivity index (χ1v) is 12.7. The first-order valence-electron chi connectivity index (χ1n) is 12.7. The number of nitrogens with zero attached hydrogens (tertiary/aromatic N) is 7. The van der Waals surface area contributed by atoms with Crippen LogP contribution >= 0.6 is 0 Å². The maximum Gasteiger partial charge on any atom is 0.179 e. The number of carbonyl (C=O) groups is 1. The second kappa shape index (κ2) is 11.6. The molecular formula is C28H28N8O3. The zero-order valence-corrected chi connectivity index (χ0v) is 21.7. The number of aromatic hydroxyl groups is 1. The number of phenolic OH excluding ortho intramolecular Hbond substituents is 1. The van der Waals surface area contributed by atoms with Crippen LogP contribution < -0.4 is 4.74 Å². The Morgan fingerprint density at radius 1 is 1.00 bits per heavy atom. The molecule has 0 amide bonds. The lowest BCUT2D eigenvalue weighted by atomic mass is 9.97. The van der Waals surface area contributed by atoms with Crippen LogP contribution in [-0.4, -0.2) is 51.7 Å². The fourth-order valence-corrected chi connectivity index (χ4v) is 4.30. The summed E-state index contributed by atoms with van der Waals surface area (Å²) < 4.78 is 5.99. The quantitative estimate of drug-likeness (QED) is 0.245. The van der Waals surface area contributed by atoms with Gasteiger partial charge in [-0.15, -0.1) is 15.3 Å². The van der Waals surface area contributed by atoms with Crippen LogP contribution in [0.15, 0.2) is 60.7 Å². The van der Waals surface area contributed by atoms with Crippen molar-refractivity contribution >= 4 is 5.78 Å². The number of ketones is 1. The smallest absolute Gasteiger partial charge is 0.179 e. The molecule has 198 valence electrons. The molecule has 0 fully saturated rings. The van der Waals surface area contributed by atoms with Gasteiger partial charge in [0.2, 0.25) is 0 Å². The Balaban J connectivity index is 1.17. The number of phenols is 1. The molecule has 39 heavy (non-hydrogen) atoms. The number of benzene rings is 3. The molecule has 3 aromatic carbocycles. The number of tetrazole rings is 2. The van der Waals surface area contributed by atoms with Gasteiger partial charge in [0.05, 0.1) is 12.1 Å². The van der Waals surface area contributed by atoms with Crippen molar-refractivity contribution in [1.82, 2.24) is 40.8 Å². The molecule has 2 aromatic heterocycles. The van der Waals surface area contributed by atoms with Crippen molar-refractivity contribution in [1.29, 1.82) is 0 Å². The predicted octanol–water partition coefficient (Wildman–Crippen LogP) is 3.93. The molecule has 0 aliphatic rings. The Kier molecular flexibility index (Phi) is 7.67. The Labute approximate surface area is 224 Å². The molecule has 0 spiro atoms. The molecule has 0 atom stereocenters. The minimum absolute atomic E-state index is 0.0577. The molecule has 11 heteroatoms. The van der Waals surface area contributed by atoms with Crippen LogP contribution in [0.4, 0.5) is 0 Å². The summed E-state index contributed by atoms with van der Waals surface area (Å²) in [4.78, 5) is 13.4. The molecule has 0 radical (unpaired) electrons. The number of hydrogen-bond acceptors (Lipinski definition) is 9. The van der Waals surface area contributed by atoms with E-state index in [0.29, 0.717) is 49.0 Å². The Morgan fingerprint density at radius 3 is 2.46 bits per heavy atom. The van der Waals surface area contributed by atoms with Crippen LogP contribution in [0.3, 0.4) is 0 Å². The topological polar surface area (TPSA) is 145 Å². The van der Waals surface area contributed by atoms with Gasteiger partial charge in [0, 0.05) is 17.5 Å². The summed E-state index contributed by atoms with van der Waals surface area (Å²) in [7, 11) is 0. The van der Waals surface area contributed by atoms with Crippen molar-refractivity contribution in [3.8, 4) is 22.9 Å². The third kappa shape index (κ3) is 6.15. The summed E-state index contributed by atoms with van der Waals surface area (Å²) in [6, 6.07) is 19.1. The molecule has 0 aliphatic heterocycles. The molecule has 5 aromatic rings. The number of aromatic nitrogens is 8. The van der Waals surface area contributed by atoms with Crippen molar-refractivity contribution in [2.45, 2.75) is 46.3 Å². The van der Waals surface area contributed by atoms with E-state index < -0.39 is 0 Å². The van der Waals surface area contributed by atoms with Gasteiger partial charge in [-0.1, -0.05) is 55.8 Å². The fraction of sp³-hybridized carbons (Fsp3) is 0.250. The molecule has 2 heterocycles. The van der Waals surface area contributed by atoms with Gasteiger partial charge in [-0.25, -0.2) is 5.10 Å². The molecule has 0 unspecified atom stereocenters. The van der Waals surface area contributed by atoms with Crippen molar-refractivity contribution in [2.24, 2.45) is 0 Å². The van der Waals surface area contributed by atoms with E-state index in [1.54, 1.807) is 10.9 Å². The minimum Gasteiger partial charge on any atom is -0.507 e. The highest BCUT2D eigenvalue weighted by atomic mass is 16.5. The van der Waals surface area contributed by atoms with Gasteiger partial charge in [-0.3, -0.25) is 4.79 Å². The maximum atomic E-state index is 11.8. The lowest BCUT2D eigenvalue weighted by Crippen LogP contribution is -2.04. The summed E-state index contributed by atoms with van der Waals surface area (Å²) in [5, 5.41) is 37.3. The average molecular weight is 525 g/mol. The van der Waals surface area contributed by atoms with Gasteiger partial charge in [-0.2, -0.15) is 4.80 Å². The molecule has 0 bridgehead atoms. The van der Waals surface area contributed by atoms with Gasteiger partial charge >= 0.3 is 0 Å². The van der Waals surface area contributed by atoms with E-state index in [1.807, 2.05) is 61.5 Å². The molecule has 0 saturated carbocycles. The van der Waals surface area contributed by atoms with Crippen molar-refractivity contribution < 1.29 is 14.6 Å². The van der Waals surface area contributed by atoms with E-state index in [1.165, 1.54) is 6.92 Å². The van der Waals surface area contributed by atoms with Gasteiger partial charge in [-0.05, 0) is 63.9 Å². The number of H-pyrrole nitrogens is 1. The Bertz CT molecular complexity index is 1550. The molecule has 0 saturated heterocycles. The zero-order chi connectivity index (χ0) is 27.2. The summed E-state index contributed by atoms with van der Waals surface area (Å²) in [6.07, 6.45) is 2.06. The van der Waals surface area contributed by atoms with Crippen molar-refractivity contribution in [2.75, 3.05) is 0 Å². The number of carbonyl (C=O) groups excluding carboxylic acids is 1. The van der Waals surface area contributed by atoms with E-state index in [0.717, 1.165) is 34.2 Å². The number of Topliss-reactive ketones (excluding diaryl/α,β-unsaturated/α-hetero) is 1. The van der Waals surface area contributed by atoms with Crippen LogP contribution in [-0.2, 0) is 26.0 Å². The number of hydrogen-bond donors (Lipinski definition) is 2. The van der Waals surface area contributed by atoms with E-state index in [2.05, 4.69) is 36.0 Å². The van der Waals surface area contributed by atoms with E-state index >= 15 is 0 Å². The highest BCUT2D eigenvalue weighted by Crippen LogP contribution is 2.29. The molecule has 11 nitrogen and oxygen atoms in total. The number of aromatic amines is 1. The minimum atomic E-state index is -0.155. The first-order chi connectivity index (χ1) is 19.0. The lowest BCUT2D eigenvalue weighted by molar-refractivity contribution is 0.101. The first kappa shape index (κ1) is 25.7. The molecule has 2 N–H and O–H groups in total. The van der Waals surface area contributed by atoms with Crippen LogP contribution in [0.5, 0.6) is 11.5 Å². The summed E-state index contributed by atoms with van der Waals surface area (Å²) in [5.41, 5.74) is 4.93. The van der Waals surface area contributed by atoms with Crippen LogP contribution in [0, 0.1) is 0 Å². The van der Waals surface area contributed by atoms with Crippen LogP contribution in [0.2, 0.25) is 0 Å². The van der Waals surface area contributed by atoms with E-state index in [9.17, 15) is 9.90 Å². The highest BCUT2D eigenvalue weighted by Gasteiger charge is 2.15. The fourth-order valence-electron chi connectivity index (χ4n) is 4.30. The lowest BCUT2D eigenvalue weighted by Gasteiger charge is -2.14. The SMILES string of the molecule is CCCc1c(COc2ccc(Cc3nnn(Cc4ccc(-c5nnn[nH]5)cc4)n3)cc2)ccc(C(C)=O)c1O. The standard InChI is InChI=1S/C28H28N8O3/c1-3-4-25-22(11-14-24(18(2)37)27(25)38)17-39-23-12-7-19(8-13-23)15-26-29-35-36(32-26)16-20-5-9-21(10-6-20)28-30-33-34-31-28/h5-14,38H,3-4,15-17H2,1-2H3,(H,30,31,33,34). The van der Waals surface area contributed by atoms with Crippen molar-refractivity contribution in [3.63, 3.8) is 0 Å². The number of nitrogens with one attached hydrogen (secondary N) is 1. The second-order valence-electron chi connectivity index (χ2n) is 9.20. The van der Waals surface area contributed by atoms with Gasteiger partial charge < -0.3 is 9.84 Å². The molecule has 0 aliphatic carbocycles. The van der Waals surface area contributed by atoms with Gasteiger partial charge in [0.1, 0.15) is 18.1 Å². The molecular weight excluding hydrogens is 496 g/mol. The van der Waals surface area contributed by atoms with Gasteiger partial charge in [0.25, 0.3) is 0 Å². The third-order valence-corrected chi connectivity index (χ3v) is 6.33. The van der Waals surface area contributed by atoms with Crippen molar-refractivity contribution in [3.05, 3.63) is 94.3 Å². The highest BCUT2D eigenvalue weighted by molar-refractivity contribution is 5.97. The summed E-state index contributed by atoms with van der Waals surface area (Å²) in [6.45, 7) is 4.29. The van der Waals surface area contributed by atoms with Crippen LogP contribution in [0.25, 0.3) is 11.4 Å². The average Bonchev–Trinajstić information content (AvgIpc) is 3.63. The number of ether oxygens (including phenoxy) is 1. The summed E-state index contributed by atoms with van der Waals surface area (Å²) >= 11 is 0. The number of rotatable bonds is 11. The Hall–Kier alpha value is -4.93. The predicted molar refractivity (Wildman–Crippen MR) is 142 cm³/mol. The monoisotopic (exact) mass is 524 g/mol. The molecule has 5 rings (SSSR count).